The molecule has 0 bridgehead atoms. The van der Waals surface area contributed by atoms with E-state index in [1.807, 2.05) is 26.8 Å². The normalized spacial score (nSPS) is 12.0. The predicted octanol–water partition coefficient (Wildman–Crippen LogP) is 2.44. The molecule has 1 heterocycles. The molecule has 0 aromatic carbocycles. The van der Waals surface area contributed by atoms with Crippen LogP contribution in [-0.2, 0) is 16.6 Å². The summed E-state index contributed by atoms with van der Waals surface area (Å²) in [4.78, 5) is 1.03. The summed E-state index contributed by atoms with van der Waals surface area (Å²) in [7, 11) is -3.39. The second-order valence-electron chi connectivity index (χ2n) is 4.39. The van der Waals surface area contributed by atoms with Crippen molar-refractivity contribution in [2.45, 2.75) is 31.5 Å². The molecular formula is C13H22N2O2S2. The molecule has 108 valence electrons. The fourth-order valence-electron chi connectivity index (χ4n) is 1.64. The Morgan fingerprint density at radius 3 is 2.63 bits per heavy atom. The van der Waals surface area contributed by atoms with Crippen LogP contribution in [0, 0.1) is 0 Å². The maximum absolute atomic E-state index is 12.5. The minimum Gasteiger partial charge on any atom is -0.312 e. The average Bonchev–Trinajstić information content (AvgIpc) is 2.82. The van der Waals surface area contributed by atoms with Crippen LogP contribution in [-0.4, -0.2) is 32.4 Å². The third-order valence-corrected chi connectivity index (χ3v) is 6.05. The van der Waals surface area contributed by atoms with Gasteiger partial charge in [0.2, 0.25) is 0 Å². The Bertz CT molecular complexity index is 521. The molecule has 6 heteroatoms. The van der Waals surface area contributed by atoms with Gasteiger partial charge in [0.15, 0.2) is 0 Å². The maximum Gasteiger partial charge on any atom is 0.252 e. The molecule has 1 aromatic rings. The molecule has 0 atom stereocenters. The fraction of sp³-hybridized carbons (Fsp3) is 0.538. The van der Waals surface area contributed by atoms with E-state index in [0.717, 1.165) is 17.0 Å². The lowest BCUT2D eigenvalue weighted by molar-refractivity contribution is 0.454. The van der Waals surface area contributed by atoms with Crippen molar-refractivity contribution in [3.8, 4) is 0 Å². The molecule has 0 aliphatic rings. The van der Waals surface area contributed by atoms with Gasteiger partial charge in [0.05, 0.1) is 0 Å². The number of rotatable bonds is 8. The Labute approximate surface area is 120 Å². The van der Waals surface area contributed by atoms with Crippen molar-refractivity contribution in [1.29, 1.82) is 0 Å². The fourth-order valence-corrected chi connectivity index (χ4v) is 4.62. The van der Waals surface area contributed by atoms with Crippen LogP contribution in [0.4, 0.5) is 0 Å². The lowest BCUT2D eigenvalue weighted by Crippen LogP contribution is -2.31. The zero-order chi connectivity index (χ0) is 14.5. The van der Waals surface area contributed by atoms with Crippen LogP contribution in [0.3, 0.4) is 0 Å². The number of thiophene rings is 1. The van der Waals surface area contributed by atoms with E-state index in [2.05, 4.69) is 11.9 Å². The highest BCUT2D eigenvalue weighted by Crippen LogP contribution is 2.25. The molecule has 0 fully saturated rings. The zero-order valence-corrected chi connectivity index (χ0v) is 13.4. The summed E-state index contributed by atoms with van der Waals surface area (Å²) in [6, 6.07) is 3.56. The van der Waals surface area contributed by atoms with E-state index in [1.165, 1.54) is 15.6 Å². The molecule has 0 spiro atoms. The Balaban J connectivity index is 2.92. The first-order chi connectivity index (χ1) is 8.91. The van der Waals surface area contributed by atoms with Crippen molar-refractivity contribution >= 4 is 21.4 Å². The molecule has 4 nitrogen and oxygen atoms in total. The highest BCUT2D eigenvalue weighted by Gasteiger charge is 2.24. The monoisotopic (exact) mass is 302 g/mol. The van der Waals surface area contributed by atoms with Gasteiger partial charge in [0.1, 0.15) is 4.21 Å². The minimum atomic E-state index is -3.39. The van der Waals surface area contributed by atoms with Gasteiger partial charge in [-0.1, -0.05) is 26.0 Å². The van der Waals surface area contributed by atoms with Crippen LogP contribution < -0.4 is 5.32 Å². The van der Waals surface area contributed by atoms with E-state index in [4.69, 9.17) is 0 Å². The van der Waals surface area contributed by atoms with Crippen LogP contribution in [0.15, 0.2) is 28.5 Å². The molecule has 0 unspecified atom stereocenters. The van der Waals surface area contributed by atoms with Gasteiger partial charge in [0.25, 0.3) is 10.0 Å². The first-order valence-electron chi connectivity index (χ1n) is 6.35. The van der Waals surface area contributed by atoms with Crippen molar-refractivity contribution in [3.05, 3.63) is 29.2 Å². The Morgan fingerprint density at radius 1 is 1.42 bits per heavy atom. The van der Waals surface area contributed by atoms with Gasteiger partial charge >= 0.3 is 0 Å². The molecule has 0 saturated carbocycles. The molecule has 19 heavy (non-hydrogen) atoms. The minimum absolute atomic E-state index is 0.374. The lowest BCUT2D eigenvalue weighted by Gasteiger charge is -2.19. The van der Waals surface area contributed by atoms with E-state index >= 15 is 0 Å². The van der Waals surface area contributed by atoms with E-state index in [1.54, 1.807) is 6.07 Å². The smallest absolute Gasteiger partial charge is 0.252 e. The molecule has 0 saturated heterocycles. The second-order valence-corrected chi connectivity index (χ2v) is 7.72. The van der Waals surface area contributed by atoms with Crippen molar-refractivity contribution in [3.63, 3.8) is 0 Å². The maximum atomic E-state index is 12.5. The van der Waals surface area contributed by atoms with Gasteiger partial charge in [-0.3, -0.25) is 0 Å². The molecule has 1 rings (SSSR count). The van der Waals surface area contributed by atoms with Crippen molar-refractivity contribution in [2.75, 3.05) is 19.6 Å². The third kappa shape index (κ3) is 4.42. The number of likely N-dealkylation sites (N-methyl/N-ethyl adjacent to an activating group) is 1. The van der Waals surface area contributed by atoms with Crippen LogP contribution in [0.5, 0.6) is 0 Å². The zero-order valence-electron chi connectivity index (χ0n) is 11.8. The summed E-state index contributed by atoms with van der Waals surface area (Å²) >= 11 is 1.33. The van der Waals surface area contributed by atoms with Gasteiger partial charge in [-0.2, -0.15) is 4.31 Å². The van der Waals surface area contributed by atoms with Gasteiger partial charge in [0, 0.05) is 24.5 Å². The SMILES string of the molecule is C=C(C)CN(CC)S(=O)(=O)c1ccc(CNCC)s1. The molecule has 0 radical (unpaired) electrons. The van der Waals surface area contributed by atoms with Gasteiger partial charge < -0.3 is 5.32 Å². The highest BCUT2D eigenvalue weighted by molar-refractivity contribution is 7.91. The first-order valence-corrected chi connectivity index (χ1v) is 8.61. The molecule has 1 aromatic heterocycles. The van der Waals surface area contributed by atoms with Crippen LogP contribution in [0.1, 0.15) is 25.6 Å². The largest absolute Gasteiger partial charge is 0.312 e. The van der Waals surface area contributed by atoms with Crippen molar-refractivity contribution < 1.29 is 8.42 Å². The summed E-state index contributed by atoms with van der Waals surface area (Å²) < 4.78 is 26.8. The number of nitrogens with zero attached hydrogens (tertiary/aromatic N) is 1. The number of hydrogen-bond acceptors (Lipinski definition) is 4. The highest BCUT2D eigenvalue weighted by atomic mass is 32.2. The Kier molecular flexibility index (Phi) is 6.19. The topological polar surface area (TPSA) is 49.4 Å². The summed E-state index contributed by atoms with van der Waals surface area (Å²) in [5.41, 5.74) is 0.842. The van der Waals surface area contributed by atoms with Crippen LogP contribution >= 0.6 is 11.3 Å². The summed E-state index contributed by atoms with van der Waals surface area (Å²) in [6.45, 7) is 11.9. The van der Waals surface area contributed by atoms with E-state index in [9.17, 15) is 8.42 Å². The Morgan fingerprint density at radius 2 is 2.11 bits per heavy atom. The molecule has 1 N–H and O–H groups in total. The third-order valence-electron chi connectivity index (χ3n) is 2.58. The van der Waals surface area contributed by atoms with Gasteiger partial charge in [-0.15, -0.1) is 11.3 Å². The van der Waals surface area contributed by atoms with Gasteiger partial charge in [-0.05, 0) is 25.6 Å². The first kappa shape index (κ1) is 16.4. The van der Waals surface area contributed by atoms with E-state index in [-0.39, 0.29) is 0 Å². The van der Waals surface area contributed by atoms with E-state index in [0.29, 0.717) is 23.8 Å². The second kappa shape index (κ2) is 7.19. The van der Waals surface area contributed by atoms with Crippen LogP contribution in [0.2, 0.25) is 0 Å². The van der Waals surface area contributed by atoms with Crippen molar-refractivity contribution in [1.82, 2.24) is 9.62 Å². The predicted molar refractivity (Wildman–Crippen MR) is 80.9 cm³/mol. The van der Waals surface area contributed by atoms with Gasteiger partial charge in [-0.25, -0.2) is 8.42 Å². The average molecular weight is 302 g/mol. The molecule has 0 amide bonds. The Hall–Kier alpha value is -0.690. The number of nitrogens with one attached hydrogen (secondary N) is 1. The van der Waals surface area contributed by atoms with Crippen LogP contribution in [0.25, 0.3) is 0 Å². The van der Waals surface area contributed by atoms with E-state index < -0.39 is 10.0 Å². The standard InChI is InChI=1S/C13H22N2O2S2/c1-5-14-9-12-7-8-13(18-12)19(16,17)15(6-2)10-11(3)4/h7-8,14H,3,5-6,9-10H2,1-2,4H3. The molecule has 0 aliphatic heterocycles. The number of hydrogen-bond donors (Lipinski definition) is 1. The summed E-state index contributed by atoms with van der Waals surface area (Å²) in [5, 5.41) is 3.19. The summed E-state index contributed by atoms with van der Waals surface area (Å²) in [5.74, 6) is 0. The molecule has 0 aliphatic carbocycles. The summed E-state index contributed by atoms with van der Waals surface area (Å²) in [6.07, 6.45) is 0. The van der Waals surface area contributed by atoms with Crippen molar-refractivity contribution in [2.24, 2.45) is 0 Å². The lowest BCUT2D eigenvalue weighted by atomic mass is 10.3. The number of sulfonamides is 1. The molecular weight excluding hydrogens is 280 g/mol. The quantitative estimate of drug-likeness (QED) is 0.750.